The molecule has 132 valence electrons. The number of non-ortho nitro benzene ring substituents is 1. The molecule has 0 saturated carbocycles. The summed E-state index contributed by atoms with van der Waals surface area (Å²) >= 11 is 0. The predicted molar refractivity (Wildman–Crippen MR) is 98.5 cm³/mol. The second kappa shape index (κ2) is 7.76. The Bertz CT molecular complexity index is 938. The maximum absolute atomic E-state index is 12.1. The van der Waals surface area contributed by atoms with E-state index in [1.165, 1.54) is 12.1 Å². The molecule has 2 N–H and O–H groups in total. The summed E-state index contributed by atoms with van der Waals surface area (Å²) in [5.74, 6) is -0.503. The van der Waals surface area contributed by atoms with Crippen LogP contribution in [-0.4, -0.2) is 16.9 Å². The number of ether oxygens (including phenoxy) is 1. The minimum absolute atomic E-state index is 0.00641. The first-order valence-electron chi connectivity index (χ1n) is 8.16. The second-order valence-corrected chi connectivity index (χ2v) is 6.02. The quantitative estimate of drug-likeness (QED) is 0.418. The van der Waals surface area contributed by atoms with Gasteiger partial charge in [0, 0.05) is 12.1 Å². The average Bonchev–Trinajstić information content (AvgIpc) is 2.66. The van der Waals surface area contributed by atoms with Gasteiger partial charge < -0.3 is 10.5 Å². The molecule has 0 saturated heterocycles. The van der Waals surface area contributed by atoms with Crippen molar-refractivity contribution >= 4 is 22.4 Å². The highest BCUT2D eigenvalue weighted by molar-refractivity contribution is 5.83. The lowest BCUT2D eigenvalue weighted by Gasteiger charge is -2.12. The molecule has 0 radical (unpaired) electrons. The number of esters is 1. The summed E-state index contributed by atoms with van der Waals surface area (Å²) in [6, 6.07) is 19.0. The number of hydrogen-bond acceptors (Lipinski definition) is 5. The third-order valence-corrected chi connectivity index (χ3v) is 4.10. The van der Waals surface area contributed by atoms with E-state index in [9.17, 15) is 14.9 Å². The number of nitro benzene ring substituents is 1. The molecule has 0 unspecified atom stereocenters. The highest BCUT2D eigenvalue weighted by atomic mass is 16.6. The zero-order valence-electron chi connectivity index (χ0n) is 14.0. The van der Waals surface area contributed by atoms with Crippen molar-refractivity contribution in [3.8, 4) is 0 Å². The number of carbonyl (C=O) groups excluding carboxylic acids is 1. The van der Waals surface area contributed by atoms with Crippen molar-refractivity contribution in [2.75, 3.05) is 0 Å². The Morgan fingerprint density at radius 3 is 2.35 bits per heavy atom. The smallest absolute Gasteiger partial charge is 0.323 e. The van der Waals surface area contributed by atoms with Crippen LogP contribution in [0.15, 0.2) is 66.7 Å². The lowest BCUT2D eigenvalue weighted by molar-refractivity contribution is -0.384. The molecule has 0 spiro atoms. The molecule has 0 aliphatic heterocycles. The Labute approximate surface area is 150 Å². The van der Waals surface area contributed by atoms with Gasteiger partial charge in [-0.25, -0.2) is 0 Å². The van der Waals surface area contributed by atoms with E-state index >= 15 is 0 Å². The molecule has 6 heteroatoms. The largest absolute Gasteiger partial charge is 0.460 e. The monoisotopic (exact) mass is 350 g/mol. The van der Waals surface area contributed by atoms with Crippen LogP contribution in [0.3, 0.4) is 0 Å². The summed E-state index contributed by atoms with van der Waals surface area (Å²) in [6.07, 6.45) is 0.379. The van der Waals surface area contributed by atoms with E-state index in [1.807, 2.05) is 42.5 Å². The lowest BCUT2D eigenvalue weighted by Crippen LogP contribution is -2.34. The maximum atomic E-state index is 12.1. The van der Waals surface area contributed by atoms with E-state index in [0.29, 0.717) is 12.0 Å². The number of benzene rings is 3. The normalized spacial score (nSPS) is 11.9. The summed E-state index contributed by atoms with van der Waals surface area (Å²) in [5.41, 5.74) is 7.58. The van der Waals surface area contributed by atoms with Crippen molar-refractivity contribution in [1.82, 2.24) is 0 Å². The molecule has 0 amide bonds. The zero-order valence-corrected chi connectivity index (χ0v) is 14.0. The number of carbonyl (C=O) groups is 1. The Morgan fingerprint density at radius 2 is 1.65 bits per heavy atom. The number of hydrogen-bond donors (Lipinski definition) is 1. The van der Waals surface area contributed by atoms with Gasteiger partial charge in [0.2, 0.25) is 0 Å². The van der Waals surface area contributed by atoms with Gasteiger partial charge in [0.15, 0.2) is 0 Å². The van der Waals surface area contributed by atoms with Crippen LogP contribution >= 0.6 is 0 Å². The molecule has 26 heavy (non-hydrogen) atoms. The fourth-order valence-corrected chi connectivity index (χ4v) is 2.68. The first-order chi connectivity index (χ1) is 12.5. The SMILES string of the molecule is N[C@@H](Cc1ccc2ccccc2c1)C(=O)OCc1ccc([N+](=O)[O-])cc1. The second-order valence-electron chi connectivity index (χ2n) is 6.02. The first kappa shape index (κ1) is 17.6. The van der Waals surface area contributed by atoms with Gasteiger partial charge in [-0.05, 0) is 40.5 Å². The molecule has 1 atom stereocenters. The summed E-state index contributed by atoms with van der Waals surface area (Å²) in [5, 5.41) is 12.9. The summed E-state index contributed by atoms with van der Waals surface area (Å²) < 4.78 is 5.22. The Morgan fingerprint density at radius 1 is 1.00 bits per heavy atom. The molecule has 3 rings (SSSR count). The molecular weight excluding hydrogens is 332 g/mol. The summed E-state index contributed by atoms with van der Waals surface area (Å²) in [7, 11) is 0. The highest BCUT2D eigenvalue weighted by Crippen LogP contribution is 2.17. The van der Waals surface area contributed by atoms with Crippen LogP contribution in [0.2, 0.25) is 0 Å². The maximum Gasteiger partial charge on any atom is 0.323 e. The first-order valence-corrected chi connectivity index (χ1v) is 8.16. The van der Waals surface area contributed by atoms with Crippen LogP contribution in [0.5, 0.6) is 0 Å². The third kappa shape index (κ3) is 4.23. The van der Waals surface area contributed by atoms with Crippen molar-refractivity contribution in [2.24, 2.45) is 5.73 Å². The number of rotatable bonds is 6. The van der Waals surface area contributed by atoms with Crippen molar-refractivity contribution < 1.29 is 14.5 Å². The summed E-state index contributed by atoms with van der Waals surface area (Å²) in [6.45, 7) is 0.0300. The van der Waals surface area contributed by atoms with E-state index in [4.69, 9.17) is 10.5 Å². The Kier molecular flexibility index (Phi) is 5.24. The standard InChI is InChI=1S/C20H18N2O4/c21-19(12-15-5-8-16-3-1-2-4-17(16)11-15)20(23)26-13-14-6-9-18(10-7-14)22(24)25/h1-11,19H,12-13,21H2/t19-/m0/s1. The van der Waals surface area contributed by atoms with E-state index in [0.717, 1.165) is 16.3 Å². The number of fused-ring (bicyclic) bond motifs is 1. The van der Waals surface area contributed by atoms with Crippen molar-refractivity contribution in [3.05, 3.63) is 88.0 Å². The molecule has 0 bridgehead atoms. The summed E-state index contributed by atoms with van der Waals surface area (Å²) in [4.78, 5) is 22.3. The van der Waals surface area contributed by atoms with Gasteiger partial charge >= 0.3 is 5.97 Å². The van der Waals surface area contributed by atoms with Gasteiger partial charge in [-0.15, -0.1) is 0 Å². The van der Waals surface area contributed by atoms with Crippen LogP contribution in [-0.2, 0) is 22.6 Å². The van der Waals surface area contributed by atoms with Crippen molar-refractivity contribution in [2.45, 2.75) is 19.1 Å². The van der Waals surface area contributed by atoms with Gasteiger partial charge in [-0.2, -0.15) is 0 Å². The topological polar surface area (TPSA) is 95.5 Å². The third-order valence-electron chi connectivity index (χ3n) is 4.10. The minimum Gasteiger partial charge on any atom is -0.460 e. The van der Waals surface area contributed by atoms with Crippen molar-refractivity contribution in [3.63, 3.8) is 0 Å². The fourth-order valence-electron chi connectivity index (χ4n) is 2.68. The molecule has 6 nitrogen and oxygen atoms in total. The fraction of sp³-hybridized carbons (Fsp3) is 0.150. The molecule has 3 aromatic rings. The number of nitro groups is 1. The Hall–Kier alpha value is -3.25. The van der Waals surface area contributed by atoms with Crippen LogP contribution in [0, 0.1) is 10.1 Å². The molecular formula is C20H18N2O4. The molecule has 0 aliphatic carbocycles. The number of nitrogens with zero attached hydrogens (tertiary/aromatic N) is 1. The average molecular weight is 350 g/mol. The Balaban J connectivity index is 1.57. The van der Waals surface area contributed by atoms with Crippen LogP contribution in [0.1, 0.15) is 11.1 Å². The molecule has 0 fully saturated rings. The highest BCUT2D eigenvalue weighted by Gasteiger charge is 2.16. The van der Waals surface area contributed by atoms with E-state index in [2.05, 4.69) is 0 Å². The van der Waals surface area contributed by atoms with Crippen molar-refractivity contribution in [1.29, 1.82) is 0 Å². The van der Waals surface area contributed by atoms with Crippen LogP contribution in [0.25, 0.3) is 10.8 Å². The molecule has 0 aliphatic rings. The van der Waals surface area contributed by atoms with Gasteiger partial charge in [0.05, 0.1) is 4.92 Å². The van der Waals surface area contributed by atoms with Crippen LogP contribution < -0.4 is 5.73 Å². The van der Waals surface area contributed by atoms with E-state index in [1.54, 1.807) is 12.1 Å². The predicted octanol–water partition coefficient (Wildman–Crippen LogP) is 3.36. The number of nitrogens with two attached hydrogens (primary N) is 1. The van der Waals surface area contributed by atoms with Crippen LogP contribution in [0.4, 0.5) is 5.69 Å². The van der Waals surface area contributed by atoms with Gasteiger partial charge in [-0.3, -0.25) is 14.9 Å². The lowest BCUT2D eigenvalue weighted by atomic mass is 10.0. The molecule has 3 aromatic carbocycles. The van der Waals surface area contributed by atoms with Gasteiger partial charge in [0.25, 0.3) is 5.69 Å². The molecule has 0 heterocycles. The van der Waals surface area contributed by atoms with Gasteiger partial charge in [-0.1, -0.05) is 42.5 Å². The van der Waals surface area contributed by atoms with E-state index in [-0.39, 0.29) is 12.3 Å². The van der Waals surface area contributed by atoms with E-state index < -0.39 is 16.9 Å². The zero-order chi connectivity index (χ0) is 18.5. The minimum atomic E-state index is -0.769. The van der Waals surface area contributed by atoms with Gasteiger partial charge in [0.1, 0.15) is 12.6 Å². The molecule has 0 aromatic heterocycles.